The molecule has 1 aromatic heterocycles. The lowest BCUT2D eigenvalue weighted by molar-refractivity contribution is -0.135. The minimum absolute atomic E-state index is 0.188. The summed E-state index contributed by atoms with van der Waals surface area (Å²) in [5, 5.41) is 12.8. The van der Waals surface area contributed by atoms with Crippen molar-refractivity contribution >= 4 is 5.91 Å². The van der Waals surface area contributed by atoms with Crippen molar-refractivity contribution in [1.82, 2.24) is 15.3 Å². The van der Waals surface area contributed by atoms with E-state index in [4.69, 9.17) is 0 Å². The molecule has 1 aromatic carbocycles. The van der Waals surface area contributed by atoms with Crippen LogP contribution < -0.4 is 5.48 Å². The van der Waals surface area contributed by atoms with Crippen molar-refractivity contribution in [1.29, 1.82) is 0 Å². The number of hydrogen-bond acceptors (Lipinski definition) is 3. The first-order valence-electron chi connectivity index (χ1n) is 7.91. The van der Waals surface area contributed by atoms with Gasteiger partial charge in [-0.2, -0.15) is 13.9 Å². The number of halogens is 3. The Morgan fingerprint density at radius 1 is 1.48 bits per heavy atom. The van der Waals surface area contributed by atoms with E-state index in [-0.39, 0.29) is 12.3 Å². The number of alkyl halides is 2. The predicted molar refractivity (Wildman–Crippen MR) is 82.8 cm³/mol. The van der Waals surface area contributed by atoms with Crippen molar-refractivity contribution in [3.05, 3.63) is 53.1 Å². The lowest BCUT2D eigenvalue weighted by Gasteiger charge is -2.29. The van der Waals surface area contributed by atoms with Gasteiger partial charge in [0.15, 0.2) is 0 Å². The van der Waals surface area contributed by atoms with E-state index in [1.165, 1.54) is 24.5 Å². The highest BCUT2D eigenvalue weighted by Crippen LogP contribution is 2.49. The van der Waals surface area contributed by atoms with E-state index >= 15 is 0 Å². The molecule has 2 atom stereocenters. The van der Waals surface area contributed by atoms with Crippen LogP contribution >= 0.6 is 0 Å². The lowest BCUT2D eigenvalue weighted by atomic mass is 9.75. The molecule has 0 bridgehead atoms. The van der Waals surface area contributed by atoms with Crippen LogP contribution in [0.15, 0.2) is 30.6 Å². The topological polar surface area (TPSA) is 67.2 Å². The van der Waals surface area contributed by atoms with E-state index in [9.17, 15) is 23.2 Å². The van der Waals surface area contributed by atoms with Gasteiger partial charge < -0.3 is 0 Å². The highest BCUT2D eigenvalue weighted by molar-refractivity contribution is 5.88. The minimum atomic E-state index is -2.73. The van der Waals surface area contributed by atoms with Crippen molar-refractivity contribution in [2.45, 2.75) is 44.1 Å². The summed E-state index contributed by atoms with van der Waals surface area (Å²) < 4.78 is 40.0. The zero-order valence-electron chi connectivity index (χ0n) is 13.5. The number of aromatic nitrogens is 2. The highest BCUT2D eigenvalue weighted by atomic mass is 19.3. The van der Waals surface area contributed by atoms with Gasteiger partial charge in [-0.25, -0.2) is 14.6 Å². The molecule has 5 nitrogen and oxygen atoms in total. The van der Waals surface area contributed by atoms with E-state index in [1.807, 2.05) is 0 Å². The molecule has 0 aliphatic heterocycles. The molecular weight excluding hydrogens is 335 g/mol. The Labute approximate surface area is 142 Å². The summed E-state index contributed by atoms with van der Waals surface area (Å²) in [4.78, 5) is 12.5. The standard InChI is InChI=1S/C17H18F3N3O2/c1-10-13(3-2-4-14(10)18)17(15(24)22-25)6-5-11(7-17)12-8-21-23(9-12)16(19)20/h2-4,8-9,11,16,25H,5-7H2,1H3,(H,22,24). The Morgan fingerprint density at radius 2 is 2.24 bits per heavy atom. The Balaban J connectivity index is 1.98. The number of rotatable bonds is 4. The van der Waals surface area contributed by atoms with Gasteiger partial charge >= 0.3 is 6.55 Å². The molecule has 2 aromatic rings. The number of nitrogens with one attached hydrogen (secondary N) is 1. The fourth-order valence-corrected chi connectivity index (χ4v) is 3.81. The molecule has 3 rings (SSSR count). The molecule has 2 unspecified atom stereocenters. The molecule has 134 valence electrons. The second kappa shape index (κ2) is 6.51. The molecule has 1 amide bonds. The summed E-state index contributed by atoms with van der Waals surface area (Å²) >= 11 is 0. The second-order valence-electron chi connectivity index (χ2n) is 6.41. The maximum Gasteiger partial charge on any atom is 0.333 e. The molecule has 0 saturated heterocycles. The highest BCUT2D eigenvalue weighted by Gasteiger charge is 2.48. The zero-order valence-corrected chi connectivity index (χ0v) is 13.5. The number of carbonyl (C=O) groups excluding carboxylic acids is 1. The quantitative estimate of drug-likeness (QED) is 0.654. The molecule has 8 heteroatoms. The summed E-state index contributed by atoms with van der Waals surface area (Å²) in [6, 6.07) is 4.49. The smallest absolute Gasteiger partial charge is 0.289 e. The van der Waals surface area contributed by atoms with E-state index in [2.05, 4.69) is 5.10 Å². The number of carbonyl (C=O) groups is 1. The van der Waals surface area contributed by atoms with Crippen molar-refractivity contribution in [3.8, 4) is 0 Å². The number of hydroxylamine groups is 1. The molecule has 1 aliphatic rings. The molecule has 0 radical (unpaired) electrons. The van der Waals surface area contributed by atoms with Gasteiger partial charge in [0.05, 0.1) is 11.6 Å². The van der Waals surface area contributed by atoms with Gasteiger partial charge in [0.1, 0.15) is 5.82 Å². The third kappa shape index (κ3) is 2.90. The fraction of sp³-hybridized carbons (Fsp3) is 0.412. The van der Waals surface area contributed by atoms with Crippen LogP contribution in [0.4, 0.5) is 13.2 Å². The molecule has 25 heavy (non-hydrogen) atoms. The monoisotopic (exact) mass is 353 g/mol. The first-order chi connectivity index (χ1) is 11.9. The van der Waals surface area contributed by atoms with Gasteiger partial charge in [0.2, 0.25) is 0 Å². The number of benzene rings is 1. The lowest BCUT2D eigenvalue weighted by Crippen LogP contribution is -2.42. The van der Waals surface area contributed by atoms with Gasteiger partial charge in [-0.1, -0.05) is 12.1 Å². The van der Waals surface area contributed by atoms with Crippen molar-refractivity contribution < 1.29 is 23.2 Å². The minimum Gasteiger partial charge on any atom is -0.289 e. The Hall–Kier alpha value is -2.35. The van der Waals surface area contributed by atoms with Crippen LogP contribution in [0.1, 0.15) is 48.4 Å². The van der Waals surface area contributed by atoms with Crippen LogP contribution in [0, 0.1) is 12.7 Å². The fourth-order valence-electron chi connectivity index (χ4n) is 3.81. The van der Waals surface area contributed by atoms with E-state index in [0.29, 0.717) is 34.2 Å². The maximum atomic E-state index is 14.0. The van der Waals surface area contributed by atoms with Crippen LogP contribution in [0.5, 0.6) is 0 Å². The summed E-state index contributed by atoms with van der Waals surface area (Å²) in [7, 11) is 0. The van der Waals surface area contributed by atoms with Gasteiger partial charge in [0.25, 0.3) is 5.91 Å². The Morgan fingerprint density at radius 3 is 2.88 bits per heavy atom. The van der Waals surface area contributed by atoms with Crippen molar-refractivity contribution in [2.24, 2.45) is 0 Å². The number of amides is 1. The van der Waals surface area contributed by atoms with E-state index in [0.717, 1.165) is 0 Å². The zero-order chi connectivity index (χ0) is 18.2. The first kappa shape index (κ1) is 17.5. The summed E-state index contributed by atoms with van der Waals surface area (Å²) in [5.74, 6) is -1.24. The molecule has 1 heterocycles. The summed E-state index contributed by atoms with van der Waals surface area (Å²) in [6.07, 6.45) is 3.81. The van der Waals surface area contributed by atoms with Crippen LogP contribution in [-0.2, 0) is 10.2 Å². The maximum absolute atomic E-state index is 14.0. The van der Waals surface area contributed by atoms with Gasteiger partial charge in [-0.05, 0) is 54.9 Å². The Kier molecular flexibility index (Phi) is 4.55. The molecule has 2 N–H and O–H groups in total. The van der Waals surface area contributed by atoms with E-state index < -0.39 is 23.7 Å². The first-order valence-corrected chi connectivity index (χ1v) is 7.91. The predicted octanol–water partition coefficient (Wildman–Crippen LogP) is 3.44. The normalized spacial score (nSPS) is 23.2. The van der Waals surface area contributed by atoms with Crippen LogP contribution in [0.25, 0.3) is 0 Å². The Bertz CT molecular complexity index is 793. The third-order valence-corrected chi connectivity index (χ3v) is 5.13. The molecule has 1 fully saturated rings. The van der Waals surface area contributed by atoms with Crippen LogP contribution in [0.2, 0.25) is 0 Å². The summed E-state index contributed by atoms with van der Waals surface area (Å²) in [5.41, 5.74) is 2.02. The third-order valence-electron chi connectivity index (χ3n) is 5.13. The average molecular weight is 353 g/mol. The van der Waals surface area contributed by atoms with Gasteiger partial charge in [0, 0.05) is 6.20 Å². The average Bonchev–Trinajstić information content (AvgIpc) is 3.24. The molecule has 1 aliphatic carbocycles. The van der Waals surface area contributed by atoms with Crippen molar-refractivity contribution in [3.63, 3.8) is 0 Å². The molecule has 1 saturated carbocycles. The summed E-state index contributed by atoms with van der Waals surface area (Å²) in [6.45, 7) is -1.15. The van der Waals surface area contributed by atoms with Crippen LogP contribution in [0.3, 0.4) is 0 Å². The van der Waals surface area contributed by atoms with Crippen LogP contribution in [-0.4, -0.2) is 20.9 Å². The van der Waals surface area contributed by atoms with Gasteiger partial charge in [-0.3, -0.25) is 10.0 Å². The van der Waals surface area contributed by atoms with Gasteiger partial charge in [-0.15, -0.1) is 0 Å². The SMILES string of the molecule is Cc1c(F)cccc1C1(C(=O)NO)CCC(c2cnn(C(F)F)c2)C1. The van der Waals surface area contributed by atoms with Crippen molar-refractivity contribution in [2.75, 3.05) is 0 Å². The van der Waals surface area contributed by atoms with E-state index in [1.54, 1.807) is 18.5 Å². The largest absolute Gasteiger partial charge is 0.333 e. The number of hydrogen-bond donors (Lipinski definition) is 2. The molecular formula is C17H18F3N3O2. The molecule has 0 spiro atoms. The number of nitrogens with zero attached hydrogens (tertiary/aromatic N) is 2. The second-order valence-corrected chi connectivity index (χ2v) is 6.41.